The van der Waals surface area contributed by atoms with Crippen molar-refractivity contribution in [3.8, 4) is 0 Å². The Balaban J connectivity index is 2.15. The van der Waals surface area contributed by atoms with E-state index in [4.69, 9.17) is 0 Å². The second kappa shape index (κ2) is 6.32. The van der Waals surface area contributed by atoms with E-state index >= 15 is 0 Å². The number of amides is 1. The van der Waals surface area contributed by atoms with Gasteiger partial charge >= 0.3 is 0 Å². The summed E-state index contributed by atoms with van der Waals surface area (Å²) < 4.78 is 1.45. The number of rotatable bonds is 5. The van der Waals surface area contributed by atoms with Crippen molar-refractivity contribution in [2.45, 2.75) is 26.8 Å². The lowest BCUT2D eigenvalue weighted by molar-refractivity contribution is -0.121. The highest BCUT2D eigenvalue weighted by atomic mass is 16.2. The van der Waals surface area contributed by atoms with Crippen LogP contribution in [0, 0.1) is 5.92 Å². The fourth-order valence-electron chi connectivity index (χ4n) is 1.98. The molecule has 0 saturated carbocycles. The van der Waals surface area contributed by atoms with Crippen LogP contribution in [0.2, 0.25) is 0 Å². The summed E-state index contributed by atoms with van der Waals surface area (Å²) in [5.74, 6) is 0.392. The second-order valence-electron chi connectivity index (χ2n) is 5.20. The molecule has 5 nitrogen and oxygen atoms in total. The summed E-state index contributed by atoms with van der Waals surface area (Å²) >= 11 is 0. The van der Waals surface area contributed by atoms with Crippen molar-refractivity contribution in [3.63, 3.8) is 0 Å². The quantitative estimate of drug-likeness (QED) is 0.899. The van der Waals surface area contributed by atoms with Crippen LogP contribution in [0.15, 0.2) is 35.3 Å². The summed E-state index contributed by atoms with van der Waals surface area (Å²) in [6, 6.07) is 7.30. The zero-order valence-corrected chi connectivity index (χ0v) is 11.8. The average Bonchev–Trinajstić information content (AvgIpc) is 2.41. The first-order valence-corrected chi connectivity index (χ1v) is 6.79. The first kappa shape index (κ1) is 14.2. The predicted octanol–water partition coefficient (Wildman–Crippen LogP) is 1.56. The van der Waals surface area contributed by atoms with Crippen LogP contribution in [0.3, 0.4) is 0 Å². The van der Waals surface area contributed by atoms with E-state index in [0.717, 1.165) is 6.42 Å². The van der Waals surface area contributed by atoms with E-state index in [0.29, 0.717) is 23.5 Å². The van der Waals surface area contributed by atoms with Gasteiger partial charge in [0, 0.05) is 6.54 Å². The van der Waals surface area contributed by atoms with E-state index in [1.54, 1.807) is 6.07 Å². The standard InChI is InChI=1S/C15H19N3O2/c1-11(2)7-8-16-14(19)10-18-13-6-4-3-5-12(13)17-9-15(18)20/h3-6,9,11H,7-8,10H2,1-2H3,(H,16,19). The molecular formula is C15H19N3O2. The van der Waals surface area contributed by atoms with E-state index in [9.17, 15) is 9.59 Å². The zero-order chi connectivity index (χ0) is 14.5. The summed E-state index contributed by atoms with van der Waals surface area (Å²) in [7, 11) is 0. The van der Waals surface area contributed by atoms with Crippen molar-refractivity contribution in [2.75, 3.05) is 6.54 Å². The van der Waals surface area contributed by atoms with Crippen molar-refractivity contribution in [1.82, 2.24) is 14.9 Å². The molecule has 1 amide bonds. The highest BCUT2D eigenvalue weighted by Gasteiger charge is 2.08. The molecule has 0 atom stereocenters. The van der Waals surface area contributed by atoms with Gasteiger partial charge in [0.1, 0.15) is 6.54 Å². The van der Waals surface area contributed by atoms with Crippen molar-refractivity contribution < 1.29 is 4.79 Å². The molecule has 5 heteroatoms. The molecule has 1 aromatic heterocycles. The third kappa shape index (κ3) is 3.44. The Morgan fingerprint density at radius 3 is 2.85 bits per heavy atom. The summed E-state index contributed by atoms with van der Waals surface area (Å²) in [6.07, 6.45) is 2.18. The number of nitrogens with one attached hydrogen (secondary N) is 1. The summed E-state index contributed by atoms with van der Waals surface area (Å²) in [5.41, 5.74) is 1.13. The fourth-order valence-corrected chi connectivity index (χ4v) is 1.98. The van der Waals surface area contributed by atoms with E-state index in [1.165, 1.54) is 10.8 Å². The molecule has 20 heavy (non-hydrogen) atoms. The maximum atomic E-state index is 11.9. The Morgan fingerprint density at radius 1 is 1.35 bits per heavy atom. The molecule has 1 aromatic carbocycles. The van der Waals surface area contributed by atoms with Gasteiger partial charge in [-0.25, -0.2) is 4.98 Å². The van der Waals surface area contributed by atoms with Crippen LogP contribution in [-0.4, -0.2) is 22.0 Å². The smallest absolute Gasteiger partial charge is 0.269 e. The summed E-state index contributed by atoms with van der Waals surface area (Å²) in [4.78, 5) is 27.8. The van der Waals surface area contributed by atoms with Crippen molar-refractivity contribution in [2.24, 2.45) is 5.92 Å². The number of para-hydroxylation sites is 2. The third-order valence-electron chi connectivity index (χ3n) is 3.10. The van der Waals surface area contributed by atoms with Crippen molar-refractivity contribution in [1.29, 1.82) is 0 Å². The van der Waals surface area contributed by atoms with Crippen molar-refractivity contribution >= 4 is 16.9 Å². The number of hydrogen-bond acceptors (Lipinski definition) is 3. The molecule has 0 aliphatic carbocycles. The summed E-state index contributed by atoms with van der Waals surface area (Å²) in [5, 5.41) is 2.84. The number of nitrogens with zero attached hydrogens (tertiary/aromatic N) is 2. The van der Waals surface area contributed by atoms with E-state index < -0.39 is 0 Å². The van der Waals surface area contributed by atoms with Crippen LogP contribution >= 0.6 is 0 Å². The highest BCUT2D eigenvalue weighted by Crippen LogP contribution is 2.07. The fraction of sp³-hybridized carbons (Fsp3) is 0.400. The largest absolute Gasteiger partial charge is 0.355 e. The molecule has 0 saturated heterocycles. The lowest BCUT2D eigenvalue weighted by Gasteiger charge is -2.10. The van der Waals surface area contributed by atoms with Gasteiger partial charge in [-0.15, -0.1) is 0 Å². The van der Waals surface area contributed by atoms with Crippen LogP contribution in [0.4, 0.5) is 0 Å². The van der Waals surface area contributed by atoms with Gasteiger partial charge in [-0.2, -0.15) is 0 Å². The Morgan fingerprint density at radius 2 is 2.10 bits per heavy atom. The van der Waals surface area contributed by atoms with E-state index in [1.807, 2.05) is 18.2 Å². The van der Waals surface area contributed by atoms with Gasteiger partial charge in [-0.1, -0.05) is 26.0 Å². The number of hydrogen-bond donors (Lipinski definition) is 1. The van der Waals surface area contributed by atoms with Crippen LogP contribution in [0.25, 0.3) is 11.0 Å². The maximum Gasteiger partial charge on any atom is 0.269 e. The lowest BCUT2D eigenvalue weighted by atomic mass is 10.1. The minimum Gasteiger partial charge on any atom is -0.355 e. The number of benzene rings is 1. The Kier molecular flexibility index (Phi) is 4.50. The normalized spacial score (nSPS) is 10.9. The lowest BCUT2D eigenvalue weighted by Crippen LogP contribution is -2.33. The Labute approximate surface area is 117 Å². The number of carbonyl (C=O) groups excluding carboxylic acids is 1. The molecule has 0 bridgehead atoms. The minimum absolute atomic E-state index is 0.0277. The van der Waals surface area contributed by atoms with Gasteiger partial charge in [0.05, 0.1) is 17.2 Å². The number of aromatic nitrogens is 2. The zero-order valence-electron chi connectivity index (χ0n) is 11.8. The SMILES string of the molecule is CC(C)CCNC(=O)Cn1c(=O)cnc2ccccc21. The predicted molar refractivity (Wildman–Crippen MR) is 78.5 cm³/mol. The van der Waals surface area contributed by atoms with Gasteiger partial charge in [0.15, 0.2) is 0 Å². The number of fused-ring (bicyclic) bond motifs is 1. The average molecular weight is 273 g/mol. The first-order valence-electron chi connectivity index (χ1n) is 6.79. The first-order chi connectivity index (χ1) is 9.58. The Bertz CT molecular complexity index is 661. The highest BCUT2D eigenvalue weighted by molar-refractivity contribution is 5.79. The molecule has 2 rings (SSSR count). The minimum atomic E-state index is -0.261. The van der Waals surface area contributed by atoms with Gasteiger partial charge in [0.2, 0.25) is 5.91 Å². The molecule has 0 radical (unpaired) electrons. The molecule has 1 heterocycles. The molecule has 0 fully saturated rings. The van der Waals surface area contributed by atoms with E-state index in [2.05, 4.69) is 24.1 Å². The molecule has 106 valence electrons. The van der Waals surface area contributed by atoms with Crippen LogP contribution in [0.5, 0.6) is 0 Å². The molecule has 0 spiro atoms. The van der Waals surface area contributed by atoms with Gasteiger partial charge < -0.3 is 5.32 Å². The van der Waals surface area contributed by atoms with Crippen molar-refractivity contribution in [3.05, 3.63) is 40.8 Å². The third-order valence-corrected chi connectivity index (χ3v) is 3.10. The van der Waals surface area contributed by atoms with Gasteiger partial charge in [-0.05, 0) is 24.5 Å². The van der Waals surface area contributed by atoms with Crippen LogP contribution < -0.4 is 10.9 Å². The molecule has 0 aliphatic rings. The van der Waals surface area contributed by atoms with Crippen LogP contribution in [0.1, 0.15) is 20.3 Å². The maximum absolute atomic E-state index is 11.9. The molecule has 1 N–H and O–H groups in total. The second-order valence-corrected chi connectivity index (χ2v) is 5.20. The molecule has 0 aliphatic heterocycles. The topological polar surface area (TPSA) is 64.0 Å². The van der Waals surface area contributed by atoms with Crippen LogP contribution in [-0.2, 0) is 11.3 Å². The molecule has 0 unspecified atom stereocenters. The summed E-state index contributed by atoms with van der Waals surface area (Å²) in [6.45, 7) is 4.87. The van der Waals surface area contributed by atoms with E-state index in [-0.39, 0.29) is 18.0 Å². The molecular weight excluding hydrogens is 254 g/mol. The molecule has 2 aromatic rings. The monoisotopic (exact) mass is 273 g/mol. The Hall–Kier alpha value is -2.17. The number of carbonyl (C=O) groups is 1. The van der Waals surface area contributed by atoms with Gasteiger partial charge in [-0.3, -0.25) is 14.2 Å². The van der Waals surface area contributed by atoms with Gasteiger partial charge in [0.25, 0.3) is 5.56 Å².